The average Bonchev–Trinajstić information content (AvgIpc) is 2.81. The predicted octanol–water partition coefficient (Wildman–Crippen LogP) is 2.03. The summed E-state index contributed by atoms with van der Waals surface area (Å²) in [6, 6.07) is 2.89. The molecular formula is C11H8F2N4O3. The Kier molecular flexibility index (Phi) is 3.60. The second-order valence-electron chi connectivity index (χ2n) is 3.68. The molecule has 2 aromatic rings. The molecule has 0 fully saturated rings. The largest absolute Gasteiger partial charge is 0.477 e. The van der Waals surface area contributed by atoms with Crippen LogP contribution in [-0.4, -0.2) is 27.3 Å². The van der Waals surface area contributed by atoms with E-state index in [4.69, 9.17) is 5.11 Å². The van der Waals surface area contributed by atoms with Gasteiger partial charge in [0.15, 0.2) is 5.82 Å². The molecule has 0 saturated carbocycles. The van der Waals surface area contributed by atoms with Crippen LogP contribution in [0, 0.1) is 11.6 Å². The van der Waals surface area contributed by atoms with Gasteiger partial charge in [-0.05, 0) is 12.1 Å². The van der Waals surface area contributed by atoms with Gasteiger partial charge in [0, 0.05) is 12.1 Å². The molecular weight excluding hydrogens is 274 g/mol. The number of aromatic amines is 1. The molecule has 0 radical (unpaired) electrons. The molecule has 0 saturated heterocycles. The van der Waals surface area contributed by atoms with Gasteiger partial charge in [0.05, 0.1) is 5.69 Å². The highest BCUT2D eigenvalue weighted by Crippen LogP contribution is 2.15. The number of aromatic nitrogens is 2. The smallest absolute Gasteiger partial charge is 0.353 e. The lowest BCUT2D eigenvalue weighted by atomic mass is 10.3. The molecule has 20 heavy (non-hydrogen) atoms. The zero-order chi connectivity index (χ0) is 14.7. The highest BCUT2D eigenvalue weighted by molar-refractivity contribution is 5.99. The van der Waals surface area contributed by atoms with Gasteiger partial charge < -0.3 is 10.4 Å². The number of aromatic carboxylic acids is 1. The second-order valence-corrected chi connectivity index (χ2v) is 3.68. The number of nitrogens with zero attached hydrogens (tertiary/aromatic N) is 1. The SMILES string of the molecule is O=C(Nc1cc(C(=O)O)[nH]n1)Nc1ccc(F)cc1F. The molecule has 0 aliphatic heterocycles. The van der Waals surface area contributed by atoms with Crippen molar-refractivity contribution in [3.8, 4) is 0 Å². The maximum Gasteiger partial charge on any atom is 0.353 e. The quantitative estimate of drug-likeness (QED) is 0.690. The molecule has 9 heteroatoms. The topological polar surface area (TPSA) is 107 Å². The first kappa shape index (κ1) is 13.5. The van der Waals surface area contributed by atoms with E-state index in [0.717, 1.165) is 18.2 Å². The molecule has 0 bridgehead atoms. The summed E-state index contributed by atoms with van der Waals surface area (Å²) in [6.45, 7) is 0. The van der Waals surface area contributed by atoms with E-state index in [1.54, 1.807) is 0 Å². The second kappa shape index (κ2) is 5.34. The number of nitrogens with one attached hydrogen (secondary N) is 3. The molecule has 2 rings (SSSR count). The molecule has 1 aromatic heterocycles. The fraction of sp³-hybridized carbons (Fsp3) is 0. The van der Waals surface area contributed by atoms with Crippen LogP contribution in [0.15, 0.2) is 24.3 Å². The third-order valence-corrected chi connectivity index (χ3v) is 2.23. The fourth-order valence-electron chi connectivity index (χ4n) is 1.36. The van der Waals surface area contributed by atoms with Gasteiger partial charge >= 0.3 is 12.0 Å². The molecule has 104 valence electrons. The Labute approximate surface area is 110 Å². The number of halogens is 2. The summed E-state index contributed by atoms with van der Waals surface area (Å²) in [5.74, 6) is -3.00. The highest BCUT2D eigenvalue weighted by Gasteiger charge is 2.11. The molecule has 0 aliphatic carbocycles. The lowest BCUT2D eigenvalue weighted by Crippen LogP contribution is -2.20. The van der Waals surface area contributed by atoms with E-state index in [-0.39, 0.29) is 17.2 Å². The van der Waals surface area contributed by atoms with Gasteiger partial charge in [-0.25, -0.2) is 18.4 Å². The van der Waals surface area contributed by atoms with E-state index in [0.29, 0.717) is 6.07 Å². The minimum absolute atomic E-state index is 0.0533. The van der Waals surface area contributed by atoms with Gasteiger partial charge in [-0.2, -0.15) is 5.10 Å². The number of H-pyrrole nitrogens is 1. The lowest BCUT2D eigenvalue weighted by molar-refractivity contribution is 0.0690. The maximum absolute atomic E-state index is 13.3. The van der Waals surface area contributed by atoms with Crippen LogP contribution in [0.3, 0.4) is 0 Å². The van der Waals surface area contributed by atoms with Gasteiger partial charge in [-0.1, -0.05) is 0 Å². The van der Waals surface area contributed by atoms with Crippen LogP contribution in [0.5, 0.6) is 0 Å². The Morgan fingerprint density at radius 1 is 1.20 bits per heavy atom. The average molecular weight is 282 g/mol. The van der Waals surface area contributed by atoms with Gasteiger partial charge in [-0.3, -0.25) is 10.4 Å². The van der Waals surface area contributed by atoms with Crippen LogP contribution in [0.25, 0.3) is 0 Å². The number of hydrogen-bond acceptors (Lipinski definition) is 3. The monoisotopic (exact) mass is 282 g/mol. The Hall–Kier alpha value is -2.97. The van der Waals surface area contributed by atoms with Crippen molar-refractivity contribution in [3.63, 3.8) is 0 Å². The normalized spacial score (nSPS) is 10.1. The van der Waals surface area contributed by atoms with E-state index in [1.807, 2.05) is 0 Å². The molecule has 1 heterocycles. The van der Waals surface area contributed by atoms with Gasteiger partial charge in [0.1, 0.15) is 17.3 Å². The first-order chi connectivity index (χ1) is 9.45. The number of hydrogen-bond donors (Lipinski definition) is 4. The molecule has 0 spiro atoms. The van der Waals surface area contributed by atoms with Crippen molar-refractivity contribution >= 4 is 23.5 Å². The number of anilines is 2. The predicted molar refractivity (Wildman–Crippen MR) is 64.5 cm³/mol. The summed E-state index contributed by atoms with van der Waals surface area (Å²) in [5, 5.41) is 18.7. The summed E-state index contributed by atoms with van der Waals surface area (Å²) in [7, 11) is 0. The van der Waals surface area contributed by atoms with Crippen LogP contribution < -0.4 is 10.6 Å². The number of amides is 2. The Morgan fingerprint density at radius 3 is 2.55 bits per heavy atom. The Balaban J connectivity index is 2.03. The third-order valence-electron chi connectivity index (χ3n) is 2.23. The molecule has 2 amide bonds. The Bertz CT molecular complexity index is 671. The van der Waals surface area contributed by atoms with E-state index in [9.17, 15) is 18.4 Å². The van der Waals surface area contributed by atoms with Crippen LogP contribution in [0.4, 0.5) is 25.1 Å². The minimum Gasteiger partial charge on any atom is -0.477 e. The van der Waals surface area contributed by atoms with Crippen molar-refractivity contribution in [2.45, 2.75) is 0 Å². The number of benzene rings is 1. The summed E-state index contributed by atoms with van der Waals surface area (Å²) in [5.41, 5.74) is -0.439. The van der Waals surface area contributed by atoms with Gasteiger partial charge in [0.2, 0.25) is 0 Å². The van der Waals surface area contributed by atoms with E-state index in [1.165, 1.54) is 0 Å². The van der Waals surface area contributed by atoms with Gasteiger partial charge in [-0.15, -0.1) is 0 Å². The van der Waals surface area contributed by atoms with Gasteiger partial charge in [0.25, 0.3) is 0 Å². The van der Waals surface area contributed by atoms with Crippen LogP contribution in [-0.2, 0) is 0 Å². The number of carbonyl (C=O) groups excluding carboxylic acids is 1. The molecule has 0 unspecified atom stereocenters. The van der Waals surface area contributed by atoms with E-state index in [2.05, 4.69) is 20.8 Å². The van der Waals surface area contributed by atoms with Crippen molar-refractivity contribution in [3.05, 3.63) is 41.6 Å². The third kappa shape index (κ3) is 3.07. The number of rotatable bonds is 3. The fourth-order valence-corrected chi connectivity index (χ4v) is 1.36. The summed E-state index contributed by atoms with van der Waals surface area (Å²) in [4.78, 5) is 22.1. The number of carboxylic acid groups (broad SMARTS) is 1. The zero-order valence-electron chi connectivity index (χ0n) is 9.78. The molecule has 0 atom stereocenters. The van der Waals surface area contributed by atoms with Crippen molar-refractivity contribution < 1.29 is 23.5 Å². The highest BCUT2D eigenvalue weighted by atomic mass is 19.1. The standard InChI is InChI=1S/C11H8F2N4O3/c12-5-1-2-7(6(13)3-5)14-11(20)15-9-4-8(10(18)19)16-17-9/h1-4H,(H,18,19)(H3,14,15,16,17,20). The molecule has 4 N–H and O–H groups in total. The van der Waals surface area contributed by atoms with Crippen molar-refractivity contribution in [1.82, 2.24) is 10.2 Å². The molecule has 7 nitrogen and oxygen atoms in total. The number of carboxylic acids is 1. The number of carbonyl (C=O) groups is 2. The van der Waals surface area contributed by atoms with Crippen molar-refractivity contribution in [1.29, 1.82) is 0 Å². The molecule has 1 aromatic carbocycles. The van der Waals surface area contributed by atoms with Crippen LogP contribution in [0.2, 0.25) is 0 Å². The Morgan fingerprint density at radius 2 is 1.95 bits per heavy atom. The minimum atomic E-state index is -1.24. The van der Waals surface area contributed by atoms with E-state index < -0.39 is 23.6 Å². The maximum atomic E-state index is 13.3. The first-order valence-corrected chi connectivity index (χ1v) is 5.27. The lowest BCUT2D eigenvalue weighted by Gasteiger charge is -2.06. The molecule has 0 aliphatic rings. The van der Waals surface area contributed by atoms with Crippen molar-refractivity contribution in [2.75, 3.05) is 10.6 Å². The van der Waals surface area contributed by atoms with Crippen LogP contribution >= 0.6 is 0 Å². The first-order valence-electron chi connectivity index (χ1n) is 5.27. The number of urea groups is 1. The van der Waals surface area contributed by atoms with Crippen LogP contribution in [0.1, 0.15) is 10.5 Å². The summed E-state index contributed by atoms with van der Waals surface area (Å²) >= 11 is 0. The van der Waals surface area contributed by atoms with Crippen molar-refractivity contribution in [2.24, 2.45) is 0 Å². The van der Waals surface area contributed by atoms with E-state index >= 15 is 0 Å². The summed E-state index contributed by atoms with van der Waals surface area (Å²) in [6.07, 6.45) is 0. The zero-order valence-corrected chi connectivity index (χ0v) is 9.78. The summed E-state index contributed by atoms with van der Waals surface area (Å²) < 4.78 is 25.9.